The van der Waals surface area contributed by atoms with E-state index in [9.17, 15) is 26.3 Å². The van der Waals surface area contributed by atoms with Crippen molar-refractivity contribution >= 4 is 12.6 Å². The minimum atomic E-state index is -5.30. The highest BCUT2D eigenvalue weighted by Gasteiger charge is 2.45. The predicted molar refractivity (Wildman–Crippen MR) is 45.4 cm³/mol. The fourth-order valence-corrected chi connectivity index (χ4v) is 1.29. The highest BCUT2D eigenvalue weighted by molar-refractivity contribution is 7.80. The molecule has 90 valence electrons. The molecule has 0 amide bonds. The molecule has 0 saturated carbocycles. The van der Waals surface area contributed by atoms with Gasteiger partial charge in [0.05, 0.1) is 5.56 Å². The SMILES string of the molecule is Oc1c(S)ccc(C(F)(F)F)c1C(F)(F)F. The van der Waals surface area contributed by atoms with Crippen LogP contribution in [-0.4, -0.2) is 5.11 Å². The topological polar surface area (TPSA) is 20.2 Å². The minimum absolute atomic E-state index is 0.227. The molecular formula is C8H4F6OS. The summed E-state index contributed by atoms with van der Waals surface area (Å²) < 4.78 is 73.7. The number of phenolic OH excluding ortho intramolecular Hbond substituents is 1. The molecule has 0 aliphatic rings. The van der Waals surface area contributed by atoms with Gasteiger partial charge in [0.2, 0.25) is 0 Å². The molecule has 0 saturated heterocycles. The number of thiol groups is 1. The van der Waals surface area contributed by atoms with Crippen LogP contribution < -0.4 is 0 Å². The van der Waals surface area contributed by atoms with Gasteiger partial charge in [0.15, 0.2) is 0 Å². The standard InChI is InChI=1S/C8H4F6OS/c9-7(10,11)3-1-2-4(16)6(15)5(3)8(12,13)14/h1-2,15-16H. The Labute approximate surface area is 91.1 Å². The van der Waals surface area contributed by atoms with Gasteiger partial charge in [-0.15, -0.1) is 12.6 Å². The molecule has 0 aromatic heterocycles. The Hall–Kier alpha value is -1.05. The van der Waals surface area contributed by atoms with Crippen LogP contribution in [-0.2, 0) is 12.4 Å². The first-order valence-corrected chi connectivity index (χ1v) is 4.19. The second-order valence-corrected chi connectivity index (χ2v) is 3.33. The van der Waals surface area contributed by atoms with Gasteiger partial charge in [-0.3, -0.25) is 0 Å². The van der Waals surface area contributed by atoms with Gasteiger partial charge >= 0.3 is 12.4 Å². The third kappa shape index (κ3) is 2.37. The molecule has 0 heterocycles. The van der Waals surface area contributed by atoms with Crippen LogP contribution in [0.15, 0.2) is 17.0 Å². The van der Waals surface area contributed by atoms with E-state index in [1.54, 1.807) is 0 Å². The monoisotopic (exact) mass is 262 g/mol. The number of aromatic hydroxyl groups is 1. The van der Waals surface area contributed by atoms with Crippen molar-refractivity contribution in [3.8, 4) is 5.75 Å². The van der Waals surface area contributed by atoms with Crippen molar-refractivity contribution in [2.24, 2.45) is 0 Å². The third-order valence-electron chi connectivity index (χ3n) is 1.75. The van der Waals surface area contributed by atoms with Gasteiger partial charge in [-0.25, -0.2) is 0 Å². The average molecular weight is 262 g/mol. The molecule has 1 aromatic carbocycles. The average Bonchev–Trinajstić information content (AvgIpc) is 2.05. The van der Waals surface area contributed by atoms with Crippen LogP contribution in [0.25, 0.3) is 0 Å². The van der Waals surface area contributed by atoms with Gasteiger partial charge < -0.3 is 5.11 Å². The molecule has 0 aliphatic heterocycles. The Morgan fingerprint density at radius 2 is 1.44 bits per heavy atom. The molecule has 0 atom stereocenters. The van der Waals surface area contributed by atoms with Crippen LogP contribution >= 0.6 is 12.6 Å². The van der Waals surface area contributed by atoms with Crippen LogP contribution in [0.3, 0.4) is 0 Å². The van der Waals surface area contributed by atoms with Crippen molar-refractivity contribution in [2.75, 3.05) is 0 Å². The van der Waals surface area contributed by atoms with E-state index >= 15 is 0 Å². The first-order chi connectivity index (χ1) is 7.05. The molecule has 16 heavy (non-hydrogen) atoms. The number of benzene rings is 1. The molecule has 1 nitrogen and oxygen atoms in total. The summed E-state index contributed by atoms with van der Waals surface area (Å²) in [6.07, 6.45) is -10.5. The maximum absolute atomic E-state index is 12.3. The van der Waals surface area contributed by atoms with Crippen molar-refractivity contribution in [3.05, 3.63) is 23.3 Å². The summed E-state index contributed by atoms with van der Waals surface area (Å²) in [6.45, 7) is 0. The summed E-state index contributed by atoms with van der Waals surface area (Å²) in [5.41, 5.74) is -4.05. The molecule has 8 heteroatoms. The molecule has 0 spiro atoms. The van der Waals surface area contributed by atoms with Gasteiger partial charge in [-0.2, -0.15) is 26.3 Å². The number of rotatable bonds is 0. The fourth-order valence-electron chi connectivity index (χ4n) is 1.10. The Bertz CT molecular complexity index is 408. The van der Waals surface area contributed by atoms with E-state index in [2.05, 4.69) is 12.6 Å². The van der Waals surface area contributed by atoms with E-state index in [1.807, 2.05) is 0 Å². The molecule has 0 unspecified atom stereocenters. The molecule has 0 aliphatic carbocycles. The number of phenols is 1. The highest BCUT2D eigenvalue weighted by Crippen LogP contribution is 2.46. The Kier molecular flexibility index (Phi) is 3.06. The van der Waals surface area contributed by atoms with Gasteiger partial charge in [0, 0.05) is 4.90 Å². The van der Waals surface area contributed by atoms with E-state index < -0.39 is 34.1 Å². The van der Waals surface area contributed by atoms with Crippen molar-refractivity contribution in [1.29, 1.82) is 0 Å². The summed E-state index contributed by atoms with van der Waals surface area (Å²) in [5.74, 6) is -1.52. The van der Waals surface area contributed by atoms with Gasteiger partial charge in [-0.1, -0.05) is 0 Å². The molecule has 0 bridgehead atoms. The summed E-state index contributed by atoms with van der Waals surface area (Å²) in [4.78, 5) is -0.569. The Balaban J connectivity index is 3.59. The van der Waals surface area contributed by atoms with Gasteiger partial charge in [-0.05, 0) is 12.1 Å². The van der Waals surface area contributed by atoms with Crippen LogP contribution in [0.1, 0.15) is 11.1 Å². The van der Waals surface area contributed by atoms with E-state index in [-0.39, 0.29) is 6.07 Å². The first kappa shape index (κ1) is 13.0. The normalized spacial score (nSPS) is 12.9. The van der Waals surface area contributed by atoms with E-state index in [0.29, 0.717) is 6.07 Å². The summed E-state index contributed by atoms with van der Waals surface area (Å²) in [5, 5.41) is 8.98. The smallest absolute Gasteiger partial charge is 0.420 e. The van der Waals surface area contributed by atoms with Crippen LogP contribution in [0.4, 0.5) is 26.3 Å². The predicted octanol–water partition coefficient (Wildman–Crippen LogP) is 3.72. The summed E-state index contributed by atoms with van der Waals surface area (Å²) in [7, 11) is 0. The molecule has 0 radical (unpaired) electrons. The van der Waals surface area contributed by atoms with Crippen LogP contribution in [0.5, 0.6) is 5.75 Å². The van der Waals surface area contributed by atoms with Crippen molar-refractivity contribution in [3.63, 3.8) is 0 Å². The number of hydrogen-bond donors (Lipinski definition) is 2. The van der Waals surface area contributed by atoms with E-state index in [0.717, 1.165) is 0 Å². The largest absolute Gasteiger partial charge is 0.506 e. The number of halogens is 6. The van der Waals surface area contributed by atoms with E-state index in [4.69, 9.17) is 5.11 Å². The summed E-state index contributed by atoms with van der Waals surface area (Å²) >= 11 is 3.42. The molecule has 1 N–H and O–H groups in total. The molecular weight excluding hydrogens is 258 g/mol. The van der Waals surface area contributed by atoms with Gasteiger partial charge in [0.1, 0.15) is 11.3 Å². The molecule has 0 fully saturated rings. The Morgan fingerprint density at radius 1 is 0.938 bits per heavy atom. The zero-order chi connectivity index (χ0) is 12.7. The zero-order valence-electron chi connectivity index (χ0n) is 7.32. The Morgan fingerprint density at radius 3 is 1.81 bits per heavy atom. The number of alkyl halides is 6. The van der Waals surface area contributed by atoms with Crippen LogP contribution in [0, 0.1) is 0 Å². The first-order valence-electron chi connectivity index (χ1n) is 3.74. The maximum Gasteiger partial charge on any atom is 0.420 e. The summed E-state index contributed by atoms with van der Waals surface area (Å²) in [6, 6.07) is 0.876. The van der Waals surface area contributed by atoms with Crippen molar-refractivity contribution in [1.82, 2.24) is 0 Å². The minimum Gasteiger partial charge on any atom is -0.506 e. The van der Waals surface area contributed by atoms with E-state index in [1.165, 1.54) is 0 Å². The fraction of sp³-hybridized carbons (Fsp3) is 0.250. The highest BCUT2D eigenvalue weighted by atomic mass is 32.1. The zero-order valence-corrected chi connectivity index (χ0v) is 8.21. The van der Waals surface area contributed by atoms with Crippen molar-refractivity contribution < 1.29 is 31.4 Å². The quantitative estimate of drug-likeness (QED) is 0.539. The maximum atomic E-state index is 12.3. The third-order valence-corrected chi connectivity index (χ3v) is 2.11. The molecule has 1 rings (SSSR count). The lowest BCUT2D eigenvalue weighted by atomic mass is 10.1. The second-order valence-electron chi connectivity index (χ2n) is 2.85. The van der Waals surface area contributed by atoms with Crippen LogP contribution in [0.2, 0.25) is 0 Å². The van der Waals surface area contributed by atoms with Crippen molar-refractivity contribution in [2.45, 2.75) is 17.2 Å². The lowest BCUT2D eigenvalue weighted by Crippen LogP contribution is -2.16. The lowest BCUT2D eigenvalue weighted by Gasteiger charge is -2.17. The van der Waals surface area contributed by atoms with Gasteiger partial charge in [0.25, 0.3) is 0 Å². The molecule has 1 aromatic rings. The number of hydrogen-bond acceptors (Lipinski definition) is 2. The second kappa shape index (κ2) is 3.76. The lowest BCUT2D eigenvalue weighted by molar-refractivity contribution is -0.163.